The van der Waals surface area contributed by atoms with Crippen molar-refractivity contribution in [2.75, 3.05) is 0 Å². The lowest BCUT2D eigenvalue weighted by molar-refractivity contribution is -0.200. The van der Waals surface area contributed by atoms with Crippen LogP contribution in [0.5, 0.6) is 0 Å². The molecule has 2 aliphatic carbocycles. The molecule has 0 amide bonds. The highest BCUT2D eigenvalue weighted by Crippen LogP contribution is 2.60. The van der Waals surface area contributed by atoms with E-state index < -0.39 is 23.6 Å². The van der Waals surface area contributed by atoms with Crippen LogP contribution < -0.4 is 0 Å². The zero-order valence-corrected chi connectivity index (χ0v) is 10.1. The summed E-state index contributed by atoms with van der Waals surface area (Å²) in [6, 6.07) is 0. The Morgan fingerprint density at radius 2 is 2.17 bits per heavy atom. The second-order valence-corrected chi connectivity index (χ2v) is 5.76. The van der Waals surface area contributed by atoms with E-state index in [-0.39, 0.29) is 23.7 Å². The number of ether oxygens (including phenoxy) is 2. The highest BCUT2D eigenvalue weighted by molar-refractivity contribution is 5.79. The molecule has 0 spiro atoms. The summed E-state index contributed by atoms with van der Waals surface area (Å²) in [7, 11) is 0. The Kier molecular flexibility index (Phi) is 2.12. The molecule has 5 atom stereocenters. The van der Waals surface area contributed by atoms with E-state index in [9.17, 15) is 18.4 Å². The average Bonchev–Trinajstić information content (AvgIpc) is 2.82. The number of hydrogen-bond donors (Lipinski definition) is 0. The predicted octanol–water partition coefficient (Wildman–Crippen LogP) is 1.52. The average molecular weight is 260 g/mol. The Bertz CT molecular complexity index is 430. The lowest BCUT2D eigenvalue weighted by Gasteiger charge is -2.36. The second-order valence-electron chi connectivity index (χ2n) is 5.76. The summed E-state index contributed by atoms with van der Waals surface area (Å²) in [5.41, 5.74) is -1.09. The Balaban J connectivity index is 1.85. The zero-order valence-electron chi connectivity index (χ0n) is 10.1. The minimum Gasteiger partial charge on any atom is -0.458 e. The van der Waals surface area contributed by atoms with Gasteiger partial charge in [-0.15, -0.1) is 0 Å². The Morgan fingerprint density at radius 3 is 2.78 bits per heavy atom. The smallest absolute Gasteiger partial charge is 0.377 e. The minimum absolute atomic E-state index is 0.0192. The van der Waals surface area contributed by atoms with Gasteiger partial charge in [-0.05, 0) is 19.8 Å². The standard InChI is InChI=1S/C12H14F2O4/c1-11(18-10(16)12(2,13)14)5-3-6-7(4-5)9(15)17-8(6)11/h5-8H,3-4H2,1-2H3. The molecule has 0 N–H and O–H groups in total. The van der Waals surface area contributed by atoms with Crippen LogP contribution >= 0.6 is 0 Å². The Labute approximate surface area is 103 Å². The summed E-state index contributed by atoms with van der Waals surface area (Å²) in [5, 5.41) is 0. The number of halogens is 2. The van der Waals surface area contributed by atoms with Gasteiger partial charge in [0.05, 0.1) is 5.92 Å². The van der Waals surface area contributed by atoms with Crippen LogP contribution in [0.1, 0.15) is 26.7 Å². The van der Waals surface area contributed by atoms with Crippen molar-refractivity contribution in [1.29, 1.82) is 0 Å². The first kappa shape index (κ1) is 11.9. The van der Waals surface area contributed by atoms with Gasteiger partial charge in [0.25, 0.3) is 0 Å². The number of carbonyl (C=O) groups excluding carboxylic acids is 2. The third-order valence-electron chi connectivity index (χ3n) is 4.59. The predicted molar refractivity (Wildman–Crippen MR) is 54.7 cm³/mol. The fourth-order valence-electron chi connectivity index (χ4n) is 3.65. The van der Waals surface area contributed by atoms with Crippen LogP contribution in [0.4, 0.5) is 8.78 Å². The molecule has 0 aromatic heterocycles. The Hall–Kier alpha value is -1.20. The second kappa shape index (κ2) is 3.22. The van der Waals surface area contributed by atoms with Crippen LogP contribution in [0.2, 0.25) is 0 Å². The number of rotatable bonds is 2. The van der Waals surface area contributed by atoms with Gasteiger partial charge in [0.2, 0.25) is 0 Å². The van der Waals surface area contributed by atoms with Crippen LogP contribution in [0.25, 0.3) is 0 Å². The molecule has 3 rings (SSSR count). The van der Waals surface area contributed by atoms with Crippen LogP contribution in [0.3, 0.4) is 0 Å². The van der Waals surface area contributed by atoms with Crippen LogP contribution in [-0.2, 0) is 19.1 Å². The van der Waals surface area contributed by atoms with Gasteiger partial charge in [0.1, 0.15) is 11.7 Å². The first-order valence-electron chi connectivity index (χ1n) is 6.05. The van der Waals surface area contributed by atoms with Gasteiger partial charge < -0.3 is 9.47 Å². The summed E-state index contributed by atoms with van der Waals surface area (Å²) in [5.74, 6) is -5.52. The molecular formula is C12H14F2O4. The van der Waals surface area contributed by atoms with Gasteiger partial charge >= 0.3 is 17.9 Å². The summed E-state index contributed by atoms with van der Waals surface area (Å²) >= 11 is 0. The van der Waals surface area contributed by atoms with Crippen LogP contribution in [-0.4, -0.2) is 29.6 Å². The highest BCUT2D eigenvalue weighted by Gasteiger charge is 2.69. The topological polar surface area (TPSA) is 52.6 Å². The van der Waals surface area contributed by atoms with E-state index in [1.807, 2.05) is 0 Å². The largest absolute Gasteiger partial charge is 0.458 e. The van der Waals surface area contributed by atoms with E-state index in [4.69, 9.17) is 9.47 Å². The van der Waals surface area contributed by atoms with Gasteiger partial charge in [-0.2, -0.15) is 8.78 Å². The van der Waals surface area contributed by atoms with Crippen molar-refractivity contribution >= 4 is 11.9 Å². The molecule has 18 heavy (non-hydrogen) atoms. The molecule has 5 unspecified atom stereocenters. The maximum Gasteiger partial charge on any atom is 0.377 e. The summed E-state index contributed by atoms with van der Waals surface area (Å²) in [6.45, 7) is 2.11. The quantitative estimate of drug-likeness (QED) is 0.706. The molecule has 100 valence electrons. The summed E-state index contributed by atoms with van der Waals surface area (Å²) < 4.78 is 36.1. The van der Waals surface area contributed by atoms with E-state index in [1.165, 1.54) is 0 Å². The van der Waals surface area contributed by atoms with Crippen molar-refractivity contribution in [3.8, 4) is 0 Å². The van der Waals surface area contributed by atoms with Crippen molar-refractivity contribution in [2.45, 2.75) is 44.3 Å². The fraction of sp³-hybridized carbons (Fsp3) is 0.833. The monoisotopic (exact) mass is 260 g/mol. The lowest BCUT2D eigenvalue weighted by Crippen LogP contribution is -2.50. The molecule has 0 aromatic rings. The van der Waals surface area contributed by atoms with E-state index in [0.29, 0.717) is 19.8 Å². The van der Waals surface area contributed by atoms with E-state index in [2.05, 4.69) is 0 Å². The van der Waals surface area contributed by atoms with E-state index in [1.54, 1.807) is 6.92 Å². The van der Waals surface area contributed by atoms with Crippen molar-refractivity contribution in [3.05, 3.63) is 0 Å². The molecule has 2 bridgehead atoms. The van der Waals surface area contributed by atoms with Crippen LogP contribution in [0.15, 0.2) is 0 Å². The highest BCUT2D eigenvalue weighted by atomic mass is 19.3. The molecule has 1 heterocycles. The number of esters is 2. The van der Waals surface area contributed by atoms with Crippen molar-refractivity contribution in [3.63, 3.8) is 0 Å². The number of fused-ring (bicyclic) bond motifs is 1. The molecule has 6 heteroatoms. The van der Waals surface area contributed by atoms with Gasteiger partial charge in [-0.25, -0.2) is 4.79 Å². The molecule has 2 saturated carbocycles. The third kappa shape index (κ3) is 1.34. The maximum absolute atomic E-state index is 12.9. The Morgan fingerprint density at radius 1 is 1.50 bits per heavy atom. The van der Waals surface area contributed by atoms with Crippen molar-refractivity contribution < 1.29 is 27.8 Å². The molecule has 3 fully saturated rings. The van der Waals surface area contributed by atoms with Crippen LogP contribution in [0, 0.1) is 17.8 Å². The molecule has 0 aromatic carbocycles. The number of carbonyl (C=O) groups is 2. The molecule has 4 nitrogen and oxygen atoms in total. The van der Waals surface area contributed by atoms with E-state index in [0.717, 1.165) is 0 Å². The first-order valence-corrected chi connectivity index (χ1v) is 6.05. The molecular weight excluding hydrogens is 246 g/mol. The molecule has 1 aliphatic heterocycles. The molecule has 1 saturated heterocycles. The summed E-state index contributed by atoms with van der Waals surface area (Å²) in [4.78, 5) is 22.9. The third-order valence-corrected chi connectivity index (χ3v) is 4.59. The van der Waals surface area contributed by atoms with Crippen molar-refractivity contribution in [2.24, 2.45) is 17.8 Å². The summed E-state index contributed by atoms with van der Waals surface area (Å²) in [6.07, 6.45) is 0.721. The van der Waals surface area contributed by atoms with Gasteiger partial charge in [0.15, 0.2) is 0 Å². The number of hydrogen-bond acceptors (Lipinski definition) is 4. The van der Waals surface area contributed by atoms with Gasteiger partial charge in [0, 0.05) is 18.8 Å². The van der Waals surface area contributed by atoms with Gasteiger partial charge in [-0.3, -0.25) is 4.79 Å². The van der Waals surface area contributed by atoms with E-state index >= 15 is 0 Å². The molecule has 3 aliphatic rings. The maximum atomic E-state index is 12.9. The minimum atomic E-state index is -3.52. The molecule has 0 radical (unpaired) electrons. The fourth-order valence-corrected chi connectivity index (χ4v) is 3.65. The zero-order chi connectivity index (χ0) is 13.3. The van der Waals surface area contributed by atoms with Gasteiger partial charge in [-0.1, -0.05) is 0 Å². The lowest BCUT2D eigenvalue weighted by atomic mass is 9.79. The number of alkyl halides is 2. The first-order chi connectivity index (χ1) is 8.23. The SMILES string of the molecule is CC(F)(F)C(=O)OC1(C)C2CC3C(=O)OC1C3C2. The normalized spacial score (nSPS) is 45.2. The van der Waals surface area contributed by atoms with Crippen molar-refractivity contribution in [1.82, 2.24) is 0 Å².